The summed E-state index contributed by atoms with van der Waals surface area (Å²) < 4.78 is 12.9. The number of hydrogen-bond acceptors (Lipinski definition) is 3. The number of nitrogens with zero attached hydrogens (tertiary/aromatic N) is 2. The largest absolute Gasteiger partial charge is 0.272 e. The highest BCUT2D eigenvalue weighted by molar-refractivity contribution is 5.89. The van der Waals surface area contributed by atoms with Crippen LogP contribution < -0.4 is 5.12 Å². The number of carbonyl (C=O) groups is 1. The predicted molar refractivity (Wildman–Crippen MR) is 47.4 cm³/mol. The monoisotopic (exact) mass is 198 g/mol. The summed E-state index contributed by atoms with van der Waals surface area (Å²) in [5.74, 6) is -0.779. The topological polar surface area (TPSA) is 63.5 Å². The quantitative estimate of drug-likeness (QED) is 0.413. The average Bonchev–Trinajstić information content (AvgIpc) is 2.16. The molecule has 1 amide bonds. The van der Waals surface area contributed by atoms with E-state index in [4.69, 9.17) is 0 Å². The highest BCUT2D eigenvalue weighted by Crippen LogP contribution is 2.19. The van der Waals surface area contributed by atoms with Crippen molar-refractivity contribution < 1.29 is 14.2 Å². The van der Waals surface area contributed by atoms with Gasteiger partial charge in [0.2, 0.25) is 0 Å². The first kappa shape index (κ1) is 10.1. The molecule has 14 heavy (non-hydrogen) atoms. The van der Waals surface area contributed by atoms with Crippen LogP contribution in [0.5, 0.6) is 0 Å². The van der Waals surface area contributed by atoms with E-state index < -0.39 is 10.8 Å². The Morgan fingerprint density at radius 3 is 2.29 bits per heavy atom. The van der Waals surface area contributed by atoms with Gasteiger partial charge in [-0.25, -0.2) is 0 Å². The Hall–Kier alpha value is -1.98. The minimum absolute atomic E-state index is 0.0249. The van der Waals surface area contributed by atoms with Crippen molar-refractivity contribution in [2.24, 2.45) is 0 Å². The van der Waals surface area contributed by atoms with Gasteiger partial charge in [0, 0.05) is 19.1 Å². The summed E-state index contributed by atoms with van der Waals surface area (Å²) in [6, 6.07) is 4.59. The first-order chi connectivity index (χ1) is 6.52. The number of anilines is 1. The third-order valence-electron chi connectivity index (χ3n) is 1.56. The van der Waals surface area contributed by atoms with Gasteiger partial charge >= 0.3 is 0 Å². The van der Waals surface area contributed by atoms with Crippen molar-refractivity contribution in [3.63, 3.8) is 0 Å². The van der Waals surface area contributed by atoms with Gasteiger partial charge in [0.25, 0.3) is 11.6 Å². The zero-order valence-corrected chi connectivity index (χ0v) is 7.31. The molecule has 0 bridgehead atoms. The molecular weight excluding hydrogens is 191 g/mol. The van der Waals surface area contributed by atoms with Crippen LogP contribution in [0.2, 0.25) is 0 Å². The van der Waals surface area contributed by atoms with Gasteiger partial charge in [-0.1, -0.05) is 4.48 Å². The lowest BCUT2D eigenvalue weighted by atomic mass is 10.3. The van der Waals surface area contributed by atoms with Crippen molar-refractivity contribution in [2.75, 3.05) is 5.12 Å². The molecule has 1 aromatic rings. The lowest BCUT2D eigenvalue weighted by Crippen LogP contribution is -2.17. The number of halogens is 1. The SMILES string of the molecule is CC(=O)N(F)c1ccc([N+](=O)[O-])cc1. The predicted octanol–water partition coefficient (Wildman–Crippen LogP) is 1.83. The molecule has 0 aliphatic carbocycles. The van der Waals surface area contributed by atoms with Gasteiger partial charge in [-0.3, -0.25) is 14.9 Å². The Kier molecular flexibility index (Phi) is 2.76. The van der Waals surface area contributed by atoms with Crippen molar-refractivity contribution in [1.82, 2.24) is 0 Å². The second-order valence-electron chi connectivity index (χ2n) is 2.57. The standard InChI is InChI=1S/C8H7FN2O3/c1-6(12)10(9)7-2-4-8(5-3-7)11(13)14/h2-5H,1H3. The number of non-ortho nitro benzene ring substituents is 1. The smallest absolute Gasteiger partial charge is 0.269 e. The molecule has 5 nitrogen and oxygen atoms in total. The van der Waals surface area contributed by atoms with E-state index >= 15 is 0 Å². The molecule has 1 aromatic carbocycles. The molecule has 0 saturated heterocycles. The van der Waals surface area contributed by atoms with Crippen LogP contribution in [0.4, 0.5) is 15.9 Å². The number of rotatable bonds is 2. The minimum atomic E-state index is -0.779. The maximum absolute atomic E-state index is 12.9. The van der Waals surface area contributed by atoms with Gasteiger partial charge in [0.1, 0.15) is 0 Å². The maximum Gasteiger partial charge on any atom is 0.269 e. The van der Waals surface area contributed by atoms with Crippen molar-refractivity contribution in [3.8, 4) is 0 Å². The molecule has 0 aliphatic heterocycles. The van der Waals surface area contributed by atoms with E-state index in [-0.39, 0.29) is 16.5 Å². The highest BCUT2D eigenvalue weighted by atomic mass is 19.2. The van der Waals surface area contributed by atoms with Gasteiger partial charge < -0.3 is 0 Å². The molecule has 0 spiro atoms. The molecule has 0 atom stereocenters. The molecule has 0 N–H and O–H groups in total. The molecule has 0 aliphatic rings. The second-order valence-corrected chi connectivity index (χ2v) is 2.57. The zero-order valence-electron chi connectivity index (χ0n) is 7.31. The number of nitro benzene ring substituents is 1. The summed E-state index contributed by atoms with van der Waals surface area (Å²) in [4.78, 5) is 20.2. The Morgan fingerprint density at radius 2 is 1.93 bits per heavy atom. The van der Waals surface area contributed by atoms with E-state index in [1.165, 1.54) is 12.1 Å². The molecule has 0 heterocycles. The molecule has 0 saturated carbocycles. The molecule has 1 rings (SSSR count). The fourth-order valence-electron chi connectivity index (χ4n) is 0.887. The second kappa shape index (κ2) is 3.82. The van der Waals surface area contributed by atoms with Crippen LogP contribution >= 0.6 is 0 Å². The van der Waals surface area contributed by atoms with E-state index in [1.807, 2.05) is 0 Å². The Morgan fingerprint density at radius 1 is 1.43 bits per heavy atom. The van der Waals surface area contributed by atoms with Crippen LogP contribution in [0.15, 0.2) is 24.3 Å². The summed E-state index contributed by atoms with van der Waals surface area (Å²) in [5.41, 5.74) is -0.172. The summed E-state index contributed by atoms with van der Waals surface area (Å²) in [6.07, 6.45) is 0. The number of amides is 1. The first-order valence-corrected chi connectivity index (χ1v) is 3.73. The fourth-order valence-corrected chi connectivity index (χ4v) is 0.887. The van der Waals surface area contributed by atoms with Crippen molar-refractivity contribution in [2.45, 2.75) is 6.92 Å². The summed E-state index contributed by atoms with van der Waals surface area (Å²) in [5, 5.41) is 10.2. The lowest BCUT2D eigenvalue weighted by Gasteiger charge is -2.07. The third kappa shape index (κ3) is 2.03. The van der Waals surface area contributed by atoms with Crippen LogP contribution in [0.3, 0.4) is 0 Å². The van der Waals surface area contributed by atoms with E-state index in [1.54, 1.807) is 0 Å². The van der Waals surface area contributed by atoms with Gasteiger partial charge in [0.05, 0.1) is 10.6 Å². The van der Waals surface area contributed by atoms with Crippen LogP contribution in [0.1, 0.15) is 6.92 Å². The van der Waals surface area contributed by atoms with Gasteiger partial charge in [-0.05, 0) is 12.1 Å². The van der Waals surface area contributed by atoms with Crippen molar-refractivity contribution in [3.05, 3.63) is 34.4 Å². The van der Waals surface area contributed by atoms with Crippen molar-refractivity contribution in [1.29, 1.82) is 0 Å². The van der Waals surface area contributed by atoms with Crippen LogP contribution in [-0.4, -0.2) is 10.8 Å². The Bertz CT molecular complexity index is 363. The third-order valence-corrected chi connectivity index (χ3v) is 1.56. The van der Waals surface area contributed by atoms with Crippen molar-refractivity contribution >= 4 is 17.3 Å². The van der Waals surface area contributed by atoms with E-state index in [9.17, 15) is 19.4 Å². The van der Waals surface area contributed by atoms with Gasteiger partial charge in [-0.2, -0.15) is 0 Å². The van der Waals surface area contributed by atoms with Crippen LogP contribution in [0, 0.1) is 10.1 Å². The van der Waals surface area contributed by atoms with Gasteiger partial charge in [-0.15, -0.1) is 5.12 Å². The van der Waals surface area contributed by atoms with E-state index in [0.29, 0.717) is 0 Å². The number of hydrogen-bond donors (Lipinski definition) is 0. The summed E-state index contributed by atoms with van der Waals surface area (Å²) in [6.45, 7) is 1.06. The fraction of sp³-hybridized carbons (Fsp3) is 0.125. The molecule has 74 valence electrons. The Labute approximate surface area is 78.8 Å². The highest BCUT2D eigenvalue weighted by Gasteiger charge is 2.11. The number of benzene rings is 1. The van der Waals surface area contributed by atoms with Crippen LogP contribution in [-0.2, 0) is 4.79 Å². The maximum atomic E-state index is 12.9. The van der Waals surface area contributed by atoms with E-state index in [2.05, 4.69) is 0 Å². The molecule has 0 fully saturated rings. The molecule has 0 aromatic heterocycles. The normalized spacial score (nSPS) is 9.57. The Balaban J connectivity index is 2.94. The van der Waals surface area contributed by atoms with Gasteiger partial charge in [0.15, 0.2) is 0 Å². The summed E-state index contributed by atoms with van der Waals surface area (Å²) >= 11 is 0. The molecule has 0 radical (unpaired) electrons. The minimum Gasteiger partial charge on any atom is -0.272 e. The van der Waals surface area contributed by atoms with E-state index in [0.717, 1.165) is 19.1 Å². The van der Waals surface area contributed by atoms with Crippen LogP contribution in [0.25, 0.3) is 0 Å². The molecular formula is C8H7FN2O3. The summed E-state index contributed by atoms with van der Waals surface area (Å²) in [7, 11) is 0. The zero-order chi connectivity index (χ0) is 10.7. The lowest BCUT2D eigenvalue weighted by molar-refractivity contribution is -0.384. The number of carbonyl (C=O) groups excluding carboxylic acids is 1. The first-order valence-electron chi connectivity index (χ1n) is 3.73. The number of nitro groups is 1. The molecule has 0 unspecified atom stereocenters. The molecule has 6 heteroatoms. The average molecular weight is 198 g/mol.